The van der Waals surface area contributed by atoms with Crippen LogP contribution in [0.1, 0.15) is 22.6 Å². The highest BCUT2D eigenvalue weighted by Gasteiger charge is 2.08. The lowest BCUT2D eigenvalue weighted by molar-refractivity contribution is 0.383. The zero-order chi connectivity index (χ0) is 16.4. The number of aromatic amines is 1. The standard InChI is InChI=1S/C20H17ClN2O/c21-16-7-9-20-19(11-16)15(13-22-20)6-8-17-12-18(24-23-17)10-14-4-2-1-3-5-14/h1-5,7,9,11-13,22H,6,8,10H2. The third-order valence-electron chi connectivity index (χ3n) is 4.21. The van der Waals surface area contributed by atoms with E-state index in [-0.39, 0.29) is 0 Å². The van der Waals surface area contributed by atoms with Gasteiger partial charge < -0.3 is 9.51 Å². The predicted octanol–water partition coefficient (Wildman–Crippen LogP) is 5.19. The van der Waals surface area contributed by atoms with Crippen molar-refractivity contribution in [2.45, 2.75) is 19.3 Å². The van der Waals surface area contributed by atoms with Crippen molar-refractivity contribution in [3.05, 3.63) is 88.4 Å². The van der Waals surface area contributed by atoms with Gasteiger partial charge in [0.15, 0.2) is 0 Å². The topological polar surface area (TPSA) is 41.8 Å². The molecule has 2 heterocycles. The Morgan fingerprint density at radius 3 is 2.75 bits per heavy atom. The molecule has 0 aliphatic rings. The van der Waals surface area contributed by atoms with Crippen LogP contribution in [-0.2, 0) is 19.3 Å². The van der Waals surface area contributed by atoms with Gasteiger partial charge in [-0.15, -0.1) is 0 Å². The molecule has 0 bridgehead atoms. The van der Waals surface area contributed by atoms with Crippen LogP contribution in [0.15, 0.2) is 65.3 Å². The van der Waals surface area contributed by atoms with E-state index in [0.717, 1.165) is 41.3 Å². The molecule has 4 rings (SSSR count). The van der Waals surface area contributed by atoms with E-state index in [1.807, 2.05) is 42.6 Å². The van der Waals surface area contributed by atoms with Gasteiger partial charge in [-0.1, -0.05) is 47.1 Å². The zero-order valence-electron chi connectivity index (χ0n) is 13.1. The van der Waals surface area contributed by atoms with E-state index < -0.39 is 0 Å². The Morgan fingerprint density at radius 2 is 1.88 bits per heavy atom. The molecule has 24 heavy (non-hydrogen) atoms. The van der Waals surface area contributed by atoms with Crippen molar-refractivity contribution in [1.82, 2.24) is 10.1 Å². The summed E-state index contributed by atoms with van der Waals surface area (Å²) in [5, 5.41) is 6.13. The van der Waals surface area contributed by atoms with E-state index in [1.54, 1.807) is 0 Å². The van der Waals surface area contributed by atoms with Gasteiger partial charge in [-0.05, 0) is 42.2 Å². The van der Waals surface area contributed by atoms with E-state index in [9.17, 15) is 0 Å². The summed E-state index contributed by atoms with van der Waals surface area (Å²) in [4.78, 5) is 3.29. The molecule has 0 saturated heterocycles. The molecule has 3 nitrogen and oxygen atoms in total. The van der Waals surface area contributed by atoms with Crippen LogP contribution in [0.4, 0.5) is 0 Å². The number of aromatic nitrogens is 2. The maximum absolute atomic E-state index is 6.10. The Kier molecular flexibility index (Phi) is 4.09. The molecular weight excluding hydrogens is 320 g/mol. The van der Waals surface area contributed by atoms with Crippen molar-refractivity contribution in [2.24, 2.45) is 0 Å². The summed E-state index contributed by atoms with van der Waals surface area (Å²) >= 11 is 6.10. The van der Waals surface area contributed by atoms with Crippen molar-refractivity contribution in [3.63, 3.8) is 0 Å². The number of hydrogen-bond donors (Lipinski definition) is 1. The maximum atomic E-state index is 6.10. The molecule has 2 aromatic heterocycles. The molecule has 1 N–H and O–H groups in total. The van der Waals surface area contributed by atoms with Crippen LogP contribution in [0, 0.1) is 0 Å². The third kappa shape index (κ3) is 3.22. The minimum absolute atomic E-state index is 0.759. The Morgan fingerprint density at radius 1 is 1.00 bits per heavy atom. The summed E-state index contributed by atoms with van der Waals surface area (Å²) in [7, 11) is 0. The van der Waals surface area contributed by atoms with Gasteiger partial charge in [0.25, 0.3) is 0 Å². The van der Waals surface area contributed by atoms with Crippen molar-refractivity contribution in [1.29, 1.82) is 0 Å². The third-order valence-corrected chi connectivity index (χ3v) is 4.44. The number of rotatable bonds is 5. The molecular formula is C20H17ClN2O. The number of aryl methyl sites for hydroxylation is 2. The second kappa shape index (κ2) is 6.54. The summed E-state index contributed by atoms with van der Waals surface area (Å²) in [5.41, 5.74) is 4.57. The highest BCUT2D eigenvalue weighted by molar-refractivity contribution is 6.31. The minimum Gasteiger partial charge on any atom is -0.361 e. The number of fused-ring (bicyclic) bond motifs is 1. The fourth-order valence-corrected chi connectivity index (χ4v) is 3.15. The second-order valence-electron chi connectivity index (χ2n) is 5.95. The number of H-pyrrole nitrogens is 1. The van der Waals surface area contributed by atoms with E-state index in [1.165, 1.54) is 16.5 Å². The molecule has 4 aromatic rings. The molecule has 0 aliphatic carbocycles. The molecule has 0 radical (unpaired) electrons. The van der Waals surface area contributed by atoms with Gasteiger partial charge in [0.05, 0.1) is 5.69 Å². The quantitative estimate of drug-likeness (QED) is 0.545. The molecule has 0 amide bonds. The van der Waals surface area contributed by atoms with Gasteiger partial charge in [0, 0.05) is 34.6 Å². The summed E-state index contributed by atoms with van der Waals surface area (Å²) in [6.07, 6.45) is 4.57. The van der Waals surface area contributed by atoms with Crippen molar-refractivity contribution < 1.29 is 4.52 Å². The van der Waals surface area contributed by atoms with E-state index in [2.05, 4.69) is 28.3 Å². The van der Waals surface area contributed by atoms with E-state index in [0.29, 0.717) is 0 Å². The number of halogens is 1. The Balaban J connectivity index is 1.45. The highest BCUT2D eigenvalue weighted by Crippen LogP contribution is 2.23. The van der Waals surface area contributed by atoms with Crippen molar-refractivity contribution in [3.8, 4) is 0 Å². The summed E-state index contributed by atoms with van der Waals surface area (Å²) in [6.45, 7) is 0. The zero-order valence-corrected chi connectivity index (χ0v) is 13.9. The van der Waals surface area contributed by atoms with Crippen LogP contribution in [0.2, 0.25) is 5.02 Å². The van der Waals surface area contributed by atoms with Gasteiger partial charge in [-0.2, -0.15) is 0 Å². The number of nitrogens with one attached hydrogen (secondary N) is 1. The molecule has 4 heteroatoms. The Labute approximate surface area is 145 Å². The first-order valence-electron chi connectivity index (χ1n) is 8.02. The Hall–Kier alpha value is -2.52. The van der Waals surface area contributed by atoms with Gasteiger partial charge in [-0.25, -0.2) is 0 Å². The van der Waals surface area contributed by atoms with Gasteiger partial charge >= 0.3 is 0 Å². The predicted molar refractivity (Wildman–Crippen MR) is 96.5 cm³/mol. The van der Waals surface area contributed by atoms with E-state index in [4.69, 9.17) is 16.1 Å². The summed E-state index contributed by atoms with van der Waals surface area (Å²) in [5.74, 6) is 0.901. The normalized spacial score (nSPS) is 11.2. The first-order chi connectivity index (χ1) is 11.8. The first kappa shape index (κ1) is 15.0. The van der Waals surface area contributed by atoms with Crippen LogP contribution >= 0.6 is 11.6 Å². The van der Waals surface area contributed by atoms with Crippen LogP contribution < -0.4 is 0 Å². The summed E-state index contributed by atoms with van der Waals surface area (Å²) in [6, 6.07) is 18.2. The molecule has 120 valence electrons. The lowest BCUT2D eigenvalue weighted by Crippen LogP contribution is -1.90. The summed E-state index contributed by atoms with van der Waals surface area (Å²) < 4.78 is 5.47. The number of hydrogen-bond acceptors (Lipinski definition) is 2. The van der Waals surface area contributed by atoms with Gasteiger partial charge in [-0.3, -0.25) is 0 Å². The van der Waals surface area contributed by atoms with Crippen LogP contribution in [0.3, 0.4) is 0 Å². The van der Waals surface area contributed by atoms with Crippen LogP contribution in [0.25, 0.3) is 10.9 Å². The molecule has 0 atom stereocenters. The van der Waals surface area contributed by atoms with Crippen molar-refractivity contribution in [2.75, 3.05) is 0 Å². The Bertz CT molecular complexity index is 956. The average Bonchev–Trinajstić information content (AvgIpc) is 3.20. The van der Waals surface area contributed by atoms with E-state index >= 15 is 0 Å². The maximum Gasteiger partial charge on any atom is 0.141 e. The highest BCUT2D eigenvalue weighted by atomic mass is 35.5. The molecule has 0 unspecified atom stereocenters. The van der Waals surface area contributed by atoms with Gasteiger partial charge in [0.2, 0.25) is 0 Å². The molecule has 0 aliphatic heterocycles. The minimum atomic E-state index is 0.759. The number of benzene rings is 2. The fourth-order valence-electron chi connectivity index (χ4n) is 2.97. The fraction of sp³-hybridized carbons (Fsp3) is 0.150. The molecule has 0 saturated carbocycles. The van der Waals surface area contributed by atoms with Gasteiger partial charge in [0.1, 0.15) is 5.76 Å². The van der Waals surface area contributed by atoms with Crippen LogP contribution in [-0.4, -0.2) is 10.1 Å². The van der Waals surface area contributed by atoms with Crippen molar-refractivity contribution >= 4 is 22.5 Å². The largest absolute Gasteiger partial charge is 0.361 e. The SMILES string of the molecule is Clc1ccc2[nH]cc(CCc3cc(Cc4ccccc4)on3)c2c1. The smallest absolute Gasteiger partial charge is 0.141 e. The molecule has 0 spiro atoms. The molecule has 0 fully saturated rings. The average molecular weight is 337 g/mol. The first-order valence-corrected chi connectivity index (χ1v) is 8.39. The second-order valence-corrected chi connectivity index (χ2v) is 6.39. The number of nitrogens with zero attached hydrogens (tertiary/aromatic N) is 1. The monoisotopic (exact) mass is 336 g/mol. The molecule has 2 aromatic carbocycles. The lowest BCUT2D eigenvalue weighted by atomic mass is 10.1. The van der Waals surface area contributed by atoms with Crippen LogP contribution in [0.5, 0.6) is 0 Å². The lowest BCUT2D eigenvalue weighted by Gasteiger charge is -1.98.